The molecule has 3 rings (SSSR count). The Balaban J connectivity index is 1.92. The number of halogens is 1. The van der Waals surface area contributed by atoms with Gasteiger partial charge in [0.1, 0.15) is 0 Å². The first-order valence-electron chi connectivity index (χ1n) is 6.73. The smallest absolute Gasteiger partial charge is 0.267 e. The van der Waals surface area contributed by atoms with Crippen LogP contribution in [0.15, 0.2) is 62.9 Å². The van der Waals surface area contributed by atoms with Crippen molar-refractivity contribution in [2.75, 3.05) is 6.54 Å². The zero-order chi connectivity index (χ0) is 16.2. The topological polar surface area (TPSA) is 45.6 Å². The second-order valence-corrected chi connectivity index (χ2v) is 7.37. The molecule has 0 bridgehead atoms. The molecule has 1 aliphatic heterocycles. The Morgan fingerprint density at radius 1 is 1.35 bits per heavy atom. The zero-order valence-corrected chi connectivity index (χ0v) is 15.2. The fourth-order valence-electron chi connectivity index (χ4n) is 1.94. The highest BCUT2D eigenvalue weighted by molar-refractivity contribution is 9.10. The molecule has 1 aromatic heterocycles. The minimum Gasteiger partial charge on any atom is -0.282 e. The van der Waals surface area contributed by atoms with Gasteiger partial charge in [-0.2, -0.15) is 4.99 Å². The molecule has 1 saturated heterocycles. The van der Waals surface area contributed by atoms with Crippen LogP contribution in [-0.4, -0.2) is 27.5 Å². The maximum absolute atomic E-state index is 12.6. The fraction of sp³-hybridized carbons (Fsp3) is 0.0625. The Labute approximate surface area is 150 Å². The van der Waals surface area contributed by atoms with Gasteiger partial charge in [-0.1, -0.05) is 34.1 Å². The van der Waals surface area contributed by atoms with Gasteiger partial charge in [0.25, 0.3) is 5.91 Å². The number of hydrogen-bond donors (Lipinski definition) is 0. The van der Waals surface area contributed by atoms with Crippen molar-refractivity contribution in [3.63, 3.8) is 0 Å². The van der Waals surface area contributed by atoms with Crippen LogP contribution in [0.4, 0.5) is 5.13 Å². The van der Waals surface area contributed by atoms with E-state index in [0.29, 0.717) is 21.7 Å². The molecule has 1 aliphatic rings. The van der Waals surface area contributed by atoms with E-state index in [4.69, 9.17) is 0 Å². The van der Waals surface area contributed by atoms with E-state index in [1.807, 2.05) is 35.7 Å². The third-order valence-electron chi connectivity index (χ3n) is 2.98. The standard InChI is InChI=1S/C16H12BrN3OS2/c1-2-8-20-14(21)13(10-11-3-5-12(17)6-4-11)23-16(20)19-15-18-7-9-22-15/h2-7,9-10H,1,8H2/b13-10-,19-16+. The molecule has 0 spiro atoms. The maximum Gasteiger partial charge on any atom is 0.267 e. The Morgan fingerprint density at radius 2 is 2.13 bits per heavy atom. The van der Waals surface area contributed by atoms with E-state index in [0.717, 1.165) is 10.0 Å². The number of thiazole rings is 1. The number of benzene rings is 1. The average molecular weight is 406 g/mol. The van der Waals surface area contributed by atoms with Gasteiger partial charge in [-0.05, 0) is 35.5 Å². The molecule has 2 aromatic rings. The number of carbonyl (C=O) groups excluding carboxylic acids is 1. The van der Waals surface area contributed by atoms with Crippen LogP contribution in [0.25, 0.3) is 6.08 Å². The highest BCUT2D eigenvalue weighted by atomic mass is 79.9. The maximum atomic E-state index is 12.6. The van der Waals surface area contributed by atoms with Gasteiger partial charge >= 0.3 is 0 Å². The fourth-order valence-corrected chi connectivity index (χ4v) is 3.76. The molecule has 0 N–H and O–H groups in total. The highest BCUT2D eigenvalue weighted by Gasteiger charge is 2.32. The van der Waals surface area contributed by atoms with Crippen molar-refractivity contribution in [3.8, 4) is 0 Å². The molecule has 0 radical (unpaired) electrons. The summed E-state index contributed by atoms with van der Waals surface area (Å²) in [5.41, 5.74) is 0.970. The van der Waals surface area contributed by atoms with E-state index < -0.39 is 0 Å². The third kappa shape index (κ3) is 3.80. The van der Waals surface area contributed by atoms with Crippen LogP contribution in [0.2, 0.25) is 0 Å². The second-order valence-electron chi connectivity index (χ2n) is 4.58. The lowest BCUT2D eigenvalue weighted by Crippen LogP contribution is -2.29. The molecule has 0 unspecified atom stereocenters. The van der Waals surface area contributed by atoms with Gasteiger partial charge in [0.2, 0.25) is 5.13 Å². The summed E-state index contributed by atoms with van der Waals surface area (Å²) in [5, 5.41) is 3.13. The zero-order valence-electron chi connectivity index (χ0n) is 12.0. The molecule has 0 aliphatic carbocycles. The molecule has 7 heteroatoms. The molecule has 0 atom stereocenters. The Kier molecular flexibility index (Phi) is 5.09. The number of thioether (sulfide) groups is 1. The van der Waals surface area contributed by atoms with Crippen molar-refractivity contribution in [2.24, 2.45) is 4.99 Å². The molecule has 2 heterocycles. The lowest BCUT2D eigenvalue weighted by atomic mass is 10.2. The lowest BCUT2D eigenvalue weighted by molar-refractivity contribution is -0.121. The Hall–Kier alpha value is -1.70. The summed E-state index contributed by atoms with van der Waals surface area (Å²) < 4.78 is 1.00. The van der Waals surface area contributed by atoms with Crippen molar-refractivity contribution in [1.82, 2.24) is 9.88 Å². The number of amides is 1. The van der Waals surface area contributed by atoms with Crippen LogP contribution in [-0.2, 0) is 4.79 Å². The van der Waals surface area contributed by atoms with Crippen molar-refractivity contribution < 1.29 is 4.79 Å². The molecule has 1 fully saturated rings. The van der Waals surface area contributed by atoms with Gasteiger partial charge in [0.05, 0.1) is 4.91 Å². The summed E-state index contributed by atoms with van der Waals surface area (Å²) in [7, 11) is 0. The van der Waals surface area contributed by atoms with Gasteiger partial charge in [0.15, 0.2) is 5.17 Å². The van der Waals surface area contributed by atoms with Crippen LogP contribution >= 0.6 is 39.0 Å². The van der Waals surface area contributed by atoms with Gasteiger partial charge < -0.3 is 0 Å². The van der Waals surface area contributed by atoms with Gasteiger partial charge in [-0.3, -0.25) is 9.69 Å². The first-order valence-corrected chi connectivity index (χ1v) is 9.22. The van der Waals surface area contributed by atoms with Crippen molar-refractivity contribution in [2.45, 2.75) is 0 Å². The SMILES string of the molecule is C=CCN1C(=O)/C(=C/c2ccc(Br)cc2)S/C1=N/c1nccs1. The van der Waals surface area contributed by atoms with Crippen LogP contribution in [0, 0.1) is 0 Å². The lowest BCUT2D eigenvalue weighted by Gasteiger charge is -2.11. The first-order chi connectivity index (χ1) is 11.2. The van der Waals surface area contributed by atoms with Gasteiger partial charge in [0, 0.05) is 22.6 Å². The van der Waals surface area contributed by atoms with Crippen LogP contribution in [0.1, 0.15) is 5.56 Å². The van der Waals surface area contributed by atoms with Gasteiger partial charge in [-0.15, -0.1) is 17.9 Å². The molecule has 0 saturated carbocycles. The monoisotopic (exact) mass is 405 g/mol. The molecule has 1 aromatic carbocycles. The summed E-state index contributed by atoms with van der Waals surface area (Å²) in [6.07, 6.45) is 5.26. The van der Waals surface area contributed by atoms with E-state index in [1.165, 1.54) is 23.1 Å². The minimum atomic E-state index is -0.0619. The Bertz CT molecular complexity index is 782. The summed E-state index contributed by atoms with van der Waals surface area (Å²) in [6.45, 7) is 4.14. The number of carbonyl (C=O) groups is 1. The summed E-state index contributed by atoms with van der Waals surface area (Å²) in [4.78, 5) is 23.5. The predicted molar refractivity (Wildman–Crippen MR) is 101 cm³/mol. The number of amidine groups is 1. The van der Waals surface area contributed by atoms with Crippen LogP contribution in [0.5, 0.6) is 0 Å². The predicted octanol–water partition coefficient (Wildman–Crippen LogP) is 4.70. The van der Waals surface area contributed by atoms with Crippen molar-refractivity contribution in [1.29, 1.82) is 0 Å². The number of rotatable bonds is 4. The largest absolute Gasteiger partial charge is 0.282 e. The van der Waals surface area contributed by atoms with Crippen molar-refractivity contribution >= 4 is 61.3 Å². The molecule has 23 heavy (non-hydrogen) atoms. The molecule has 116 valence electrons. The molecular weight excluding hydrogens is 394 g/mol. The average Bonchev–Trinajstić information content (AvgIpc) is 3.14. The first kappa shape index (κ1) is 16.2. The van der Waals surface area contributed by atoms with E-state index in [-0.39, 0.29) is 5.91 Å². The van der Waals surface area contributed by atoms with E-state index in [1.54, 1.807) is 17.2 Å². The molecule has 1 amide bonds. The quantitative estimate of drug-likeness (QED) is 0.547. The second kappa shape index (κ2) is 7.25. The van der Waals surface area contributed by atoms with Crippen LogP contribution in [0.3, 0.4) is 0 Å². The van der Waals surface area contributed by atoms with E-state index in [2.05, 4.69) is 32.5 Å². The van der Waals surface area contributed by atoms with E-state index in [9.17, 15) is 4.79 Å². The summed E-state index contributed by atoms with van der Waals surface area (Å²) >= 11 is 6.20. The number of nitrogens with zero attached hydrogens (tertiary/aromatic N) is 3. The number of hydrogen-bond acceptors (Lipinski definition) is 5. The van der Waals surface area contributed by atoms with Crippen LogP contribution < -0.4 is 0 Å². The number of aromatic nitrogens is 1. The minimum absolute atomic E-state index is 0.0619. The number of aliphatic imine (C=N–C) groups is 1. The molecule has 4 nitrogen and oxygen atoms in total. The van der Waals surface area contributed by atoms with E-state index >= 15 is 0 Å². The van der Waals surface area contributed by atoms with Gasteiger partial charge in [-0.25, -0.2) is 4.98 Å². The molecular formula is C16H12BrN3OS2. The summed E-state index contributed by atoms with van der Waals surface area (Å²) in [5.74, 6) is -0.0619. The third-order valence-corrected chi connectivity index (χ3v) is 5.18. The summed E-state index contributed by atoms with van der Waals surface area (Å²) in [6, 6.07) is 7.81. The van der Waals surface area contributed by atoms with Crippen molar-refractivity contribution in [3.05, 3.63) is 63.4 Å². The highest BCUT2D eigenvalue weighted by Crippen LogP contribution is 2.34. The Morgan fingerprint density at radius 3 is 2.78 bits per heavy atom. The normalized spacial score (nSPS) is 18.1.